The maximum atomic E-state index is 12.5. The highest BCUT2D eigenvalue weighted by Crippen LogP contribution is 2.18. The highest BCUT2D eigenvalue weighted by Gasteiger charge is 2.24. The number of hydrogen-bond donors (Lipinski definition) is 1. The minimum atomic E-state index is -0.0989. The summed E-state index contributed by atoms with van der Waals surface area (Å²) in [5, 5.41) is 8.83. The molecule has 0 radical (unpaired) electrons. The molecular formula is C18H27N5O. The Hall–Kier alpha value is -1.92. The SMILES string of the molecule is CCn1nc(CNC(=O)[C@H](C)N2CCN(C)CC2)c2ccccc21. The fourth-order valence-electron chi connectivity index (χ4n) is 3.26. The average molecular weight is 329 g/mol. The van der Waals surface area contributed by atoms with Crippen LogP contribution in [0.5, 0.6) is 0 Å². The fourth-order valence-corrected chi connectivity index (χ4v) is 3.26. The van der Waals surface area contributed by atoms with Crippen molar-refractivity contribution in [3.8, 4) is 0 Å². The Bertz CT molecular complexity index is 702. The average Bonchev–Trinajstić information content (AvgIpc) is 2.98. The topological polar surface area (TPSA) is 53.4 Å². The zero-order valence-electron chi connectivity index (χ0n) is 14.8. The molecule has 2 aromatic rings. The molecule has 24 heavy (non-hydrogen) atoms. The first-order valence-corrected chi connectivity index (χ1v) is 8.75. The minimum absolute atomic E-state index is 0.0784. The molecule has 0 bridgehead atoms. The number of nitrogens with zero attached hydrogens (tertiary/aromatic N) is 4. The van der Waals surface area contributed by atoms with Gasteiger partial charge in [-0.3, -0.25) is 14.4 Å². The van der Waals surface area contributed by atoms with E-state index >= 15 is 0 Å². The van der Waals surface area contributed by atoms with E-state index in [1.54, 1.807) is 0 Å². The predicted molar refractivity (Wildman–Crippen MR) is 95.8 cm³/mol. The molecule has 1 atom stereocenters. The van der Waals surface area contributed by atoms with Crippen LogP contribution < -0.4 is 5.32 Å². The summed E-state index contributed by atoms with van der Waals surface area (Å²) in [5.41, 5.74) is 2.06. The van der Waals surface area contributed by atoms with Crippen molar-refractivity contribution < 1.29 is 4.79 Å². The Morgan fingerprint density at radius 2 is 1.96 bits per heavy atom. The van der Waals surface area contributed by atoms with Gasteiger partial charge in [-0.2, -0.15) is 5.10 Å². The van der Waals surface area contributed by atoms with Gasteiger partial charge in [0.1, 0.15) is 0 Å². The third-order valence-electron chi connectivity index (χ3n) is 4.93. The first-order valence-electron chi connectivity index (χ1n) is 8.75. The van der Waals surface area contributed by atoms with Gasteiger partial charge >= 0.3 is 0 Å². The number of nitrogens with one attached hydrogen (secondary N) is 1. The summed E-state index contributed by atoms with van der Waals surface area (Å²) in [6.45, 7) is 9.29. The summed E-state index contributed by atoms with van der Waals surface area (Å²) in [6, 6.07) is 8.08. The van der Waals surface area contributed by atoms with Gasteiger partial charge in [0.25, 0.3) is 0 Å². The highest BCUT2D eigenvalue weighted by molar-refractivity contribution is 5.84. The van der Waals surface area contributed by atoms with Crippen molar-refractivity contribution in [2.45, 2.75) is 33.0 Å². The first kappa shape index (κ1) is 16.9. The van der Waals surface area contributed by atoms with E-state index in [1.807, 2.05) is 23.7 Å². The normalized spacial score (nSPS) is 18.0. The molecule has 0 spiro atoms. The smallest absolute Gasteiger partial charge is 0.237 e. The summed E-state index contributed by atoms with van der Waals surface area (Å²) < 4.78 is 1.99. The second-order valence-electron chi connectivity index (χ2n) is 6.51. The molecule has 1 aromatic carbocycles. The van der Waals surface area contributed by atoms with Gasteiger partial charge in [-0.1, -0.05) is 18.2 Å². The van der Waals surface area contributed by atoms with Crippen LogP contribution in [0.15, 0.2) is 24.3 Å². The first-order chi connectivity index (χ1) is 11.6. The van der Waals surface area contributed by atoms with E-state index in [-0.39, 0.29) is 11.9 Å². The predicted octanol–water partition coefficient (Wildman–Crippen LogP) is 1.31. The number of carbonyl (C=O) groups is 1. The number of amides is 1. The highest BCUT2D eigenvalue weighted by atomic mass is 16.2. The molecule has 3 rings (SSSR count). The number of para-hydroxylation sites is 1. The van der Waals surface area contributed by atoms with Crippen LogP contribution in [0.1, 0.15) is 19.5 Å². The van der Waals surface area contributed by atoms with Crippen LogP contribution in [0.3, 0.4) is 0 Å². The molecule has 1 aliphatic heterocycles. The lowest BCUT2D eigenvalue weighted by Crippen LogP contribution is -2.52. The van der Waals surface area contributed by atoms with Gasteiger partial charge in [0, 0.05) is 38.1 Å². The van der Waals surface area contributed by atoms with Gasteiger partial charge in [0.15, 0.2) is 0 Å². The number of carbonyl (C=O) groups excluding carboxylic acids is 1. The van der Waals surface area contributed by atoms with Gasteiger partial charge in [0.2, 0.25) is 5.91 Å². The van der Waals surface area contributed by atoms with Crippen LogP contribution in [0.25, 0.3) is 10.9 Å². The van der Waals surface area contributed by atoms with E-state index in [2.05, 4.69) is 46.3 Å². The van der Waals surface area contributed by atoms with Gasteiger partial charge in [-0.15, -0.1) is 0 Å². The maximum Gasteiger partial charge on any atom is 0.237 e. The molecule has 1 fully saturated rings. The van der Waals surface area contributed by atoms with E-state index in [4.69, 9.17) is 0 Å². The Morgan fingerprint density at radius 3 is 2.67 bits per heavy atom. The van der Waals surface area contributed by atoms with Gasteiger partial charge in [0.05, 0.1) is 23.8 Å². The molecule has 0 unspecified atom stereocenters. The van der Waals surface area contributed by atoms with Crippen LogP contribution in [0, 0.1) is 0 Å². The van der Waals surface area contributed by atoms with Crippen molar-refractivity contribution in [3.05, 3.63) is 30.0 Å². The molecule has 1 saturated heterocycles. The van der Waals surface area contributed by atoms with Crippen molar-refractivity contribution in [3.63, 3.8) is 0 Å². The lowest BCUT2D eigenvalue weighted by molar-refractivity contribution is -0.126. The Morgan fingerprint density at radius 1 is 1.25 bits per heavy atom. The third kappa shape index (κ3) is 3.44. The Kier molecular flexibility index (Phi) is 5.16. The number of piperazine rings is 1. The Labute approximate surface area is 143 Å². The van der Waals surface area contributed by atoms with E-state index < -0.39 is 0 Å². The van der Waals surface area contributed by atoms with Crippen molar-refractivity contribution in [1.29, 1.82) is 0 Å². The summed E-state index contributed by atoms with van der Waals surface area (Å²) in [5.74, 6) is 0.0784. The summed E-state index contributed by atoms with van der Waals surface area (Å²) in [6.07, 6.45) is 0. The van der Waals surface area contributed by atoms with Crippen LogP contribution in [-0.4, -0.2) is 64.8 Å². The van der Waals surface area contributed by atoms with Gasteiger partial charge in [-0.05, 0) is 27.0 Å². The molecule has 1 aliphatic rings. The number of aryl methyl sites for hydroxylation is 1. The number of rotatable bonds is 5. The standard InChI is InChI=1S/C18H27N5O/c1-4-23-17-8-6-5-7-15(17)16(20-23)13-19-18(24)14(2)22-11-9-21(3)10-12-22/h5-8,14H,4,9-13H2,1-3H3,(H,19,24)/t14-/m0/s1. The molecule has 0 aliphatic carbocycles. The number of benzene rings is 1. The molecule has 2 heterocycles. The third-order valence-corrected chi connectivity index (χ3v) is 4.93. The van der Waals surface area contributed by atoms with Crippen molar-refractivity contribution in [1.82, 2.24) is 24.9 Å². The molecule has 130 valence electrons. The largest absolute Gasteiger partial charge is 0.349 e. The second-order valence-corrected chi connectivity index (χ2v) is 6.51. The van der Waals surface area contributed by atoms with E-state index in [9.17, 15) is 4.79 Å². The molecule has 6 heteroatoms. The monoisotopic (exact) mass is 329 g/mol. The summed E-state index contributed by atoms with van der Waals surface area (Å²) in [7, 11) is 2.12. The van der Waals surface area contributed by atoms with Gasteiger partial charge < -0.3 is 10.2 Å². The van der Waals surface area contributed by atoms with Gasteiger partial charge in [-0.25, -0.2) is 0 Å². The van der Waals surface area contributed by atoms with E-state index in [1.165, 1.54) is 0 Å². The van der Waals surface area contributed by atoms with Crippen LogP contribution in [-0.2, 0) is 17.9 Å². The fraction of sp³-hybridized carbons (Fsp3) is 0.556. The zero-order valence-corrected chi connectivity index (χ0v) is 14.8. The number of aromatic nitrogens is 2. The molecule has 0 saturated carbocycles. The minimum Gasteiger partial charge on any atom is -0.349 e. The van der Waals surface area contributed by atoms with Crippen molar-refractivity contribution >= 4 is 16.8 Å². The lowest BCUT2D eigenvalue weighted by atomic mass is 10.2. The number of hydrogen-bond acceptors (Lipinski definition) is 4. The number of fused-ring (bicyclic) bond motifs is 1. The van der Waals surface area contributed by atoms with E-state index in [0.29, 0.717) is 6.54 Å². The van der Waals surface area contributed by atoms with Crippen LogP contribution in [0.2, 0.25) is 0 Å². The zero-order chi connectivity index (χ0) is 17.1. The van der Waals surface area contributed by atoms with Crippen molar-refractivity contribution in [2.75, 3.05) is 33.2 Å². The number of likely N-dealkylation sites (N-methyl/N-ethyl adjacent to an activating group) is 1. The molecule has 1 aromatic heterocycles. The summed E-state index contributed by atoms with van der Waals surface area (Å²) >= 11 is 0. The Balaban J connectivity index is 1.64. The quantitative estimate of drug-likeness (QED) is 0.899. The molecule has 1 N–H and O–H groups in total. The van der Waals surface area contributed by atoms with Crippen LogP contribution >= 0.6 is 0 Å². The molecule has 6 nitrogen and oxygen atoms in total. The lowest BCUT2D eigenvalue weighted by Gasteiger charge is -2.35. The second kappa shape index (κ2) is 7.32. The van der Waals surface area contributed by atoms with E-state index in [0.717, 1.165) is 49.3 Å². The van der Waals surface area contributed by atoms with Crippen LogP contribution in [0.4, 0.5) is 0 Å². The maximum absolute atomic E-state index is 12.5. The summed E-state index contributed by atoms with van der Waals surface area (Å²) in [4.78, 5) is 17.1. The molecular weight excluding hydrogens is 302 g/mol. The molecule has 1 amide bonds. The van der Waals surface area contributed by atoms with Crippen molar-refractivity contribution in [2.24, 2.45) is 0 Å².